The summed E-state index contributed by atoms with van der Waals surface area (Å²) in [4.78, 5) is 15.8. The number of carbonyl (C=O) groups is 1. The number of aromatic nitrogens is 1. The minimum atomic E-state index is -5.14. The minimum absolute atomic E-state index is 0.225. The van der Waals surface area contributed by atoms with Crippen LogP contribution in [0.25, 0.3) is 0 Å². The van der Waals surface area contributed by atoms with Crippen molar-refractivity contribution in [3.8, 4) is 5.75 Å². The number of nitrogens with zero attached hydrogens (tertiary/aromatic N) is 1. The van der Waals surface area contributed by atoms with Gasteiger partial charge >= 0.3 is 88.1 Å². The minimum Gasteiger partial charge on any atom is -0.284 e. The Morgan fingerprint density at radius 3 is 2.31 bits per heavy atom. The summed E-state index contributed by atoms with van der Waals surface area (Å²) in [6.45, 7) is 1.18. The average Bonchev–Trinajstić information content (AvgIpc) is 3.16. The Balaban J connectivity index is 0.000000229. The van der Waals surface area contributed by atoms with Gasteiger partial charge in [0.1, 0.15) is 0 Å². The number of nitrogens with one attached hydrogen (secondary N) is 2. The van der Waals surface area contributed by atoms with E-state index in [0.717, 1.165) is 15.4 Å². The quantitative estimate of drug-likeness (QED) is 0.222. The first-order chi connectivity index (χ1) is 14.8. The van der Waals surface area contributed by atoms with Crippen LogP contribution in [0.5, 0.6) is 5.75 Å². The number of carbonyl (C=O) groups excluding carboxylic acids is 1. The summed E-state index contributed by atoms with van der Waals surface area (Å²) >= 11 is -1.97. The number of benzene rings is 2. The molecule has 0 atom stereocenters. The summed E-state index contributed by atoms with van der Waals surface area (Å²) in [5.41, 5.74) is 2.13. The molecule has 14 heteroatoms. The van der Waals surface area contributed by atoms with Crippen molar-refractivity contribution < 1.29 is 30.2 Å². The molecule has 3 aromatic rings. The van der Waals surface area contributed by atoms with Crippen molar-refractivity contribution in [2.24, 2.45) is 0 Å². The Labute approximate surface area is 195 Å². The number of aromatic hydroxyl groups is 1. The Morgan fingerprint density at radius 2 is 1.81 bits per heavy atom. The van der Waals surface area contributed by atoms with Crippen LogP contribution in [0, 0.1) is 0 Å². The topological polar surface area (TPSA) is 166 Å². The van der Waals surface area contributed by atoms with Crippen LogP contribution in [0.15, 0.2) is 63.3 Å². The third-order valence-corrected chi connectivity index (χ3v) is 8.04. The SMILES string of the molecule is CC(=O)Nc1c(O)cccc1[As](=O)(O)O.CS(=O)(=O)Nc1ccc(Sc2cncs2)cc1. The van der Waals surface area contributed by atoms with E-state index in [4.69, 9.17) is 8.19 Å². The summed E-state index contributed by atoms with van der Waals surface area (Å²) in [5, 5.41) is 11.5. The van der Waals surface area contributed by atoms with E-state index in [1.807, 2.05) is 12.1 Å². The Bertz CT molecular complexity index is 1210. The van der Waals surface area contributed by atoms with Crippen molar-refractivity contribution in [1.82, 2.24) is 4.98 Å². The smallest absolute Gasteiger partial charge is 0.229 e. The van der Waals surface area contributed by atoms with Crippen molar-refractivity contribution in [3.63, 3.8) is 0 Å². The van der Waals surface area contributed by atoms with Crippen LogP contribution in [-0.4, -0.2) is 53.0 Å². The number of rotatable bonds is 6. The van der Waals surface area contributed by atoms with Crippen LogP contribution >= 0.6 is 23.1 Å². The van der Waals surface area contributed by atoms with Crippen LogP contribution in [0.2, 0.25) is 0 Å². The molecule has 3 rings (SSSR count). The second kappa shape index (κ2) is 11.0. The number of para-hydroxylation sites is 1. The normalized spacial score (nSPS) is 11.2. The van der Waals surface area contributed by atoms with Gasteiger partial charge < -0.3 is 0 Å². The number of hydrogen-bond donors (Lipinski definition) is 5. The number of phenolic OH excluding ortho intramolecular Hbond substituents is 1. The van der Waals surface area contributed by atoms with E-state index in [1.54, 1.807) is 46.9 Å². The number of phenols is 1. The molecule has 2 aromatic carbocycles. The van der Waals surface area contributed by atoms with Gasteiger partial charge in [0.2, 0.25) is 10.0 Å². The van der Waals surface area contributed by atoms with Crippen molar-refractivity contribution in [2.45, 2.75) is 16.0 Å². The molecule has 0 saturated carbocycles. The van der Waals surface area contributed by atoms with E-state index in [0.29, 0.717) is 5.69 Å². The first-order valence-corrected chi connectivity index (χ1v) is 15.6. The molecule has 0 spiro atoms. The van der Waals surface area contributed by atoms with Crippen molar-refractivity contribution in [1.29, 1.82) is 0 Å². The third-order valence-electron chi connectivity index (χ3n) is 3.42. The number of thiazole rings is 1. The van der Waals surface area contributed by atoms with Gasteiger partial charge in [0.05, 0.1) is 22.2 Å². The van der Waals surface area contributed by atoms with Crippen molar-refractivity contribution in [3.05, 3.63) is 54.2 Å². The first-order valence-electron chi connectivity index (χ1n) is 8.65. The maximum Gasteiger partial charge on any atom is 0.229 e. The van der Waals surface area contributed by atoms with Crippen LogP contribution in [-0.2, 0) is 18.6 Å². The third kappa shape index (κ3) is 8.69. The zero-order chi connectivity index (χ0) is 23.9. The van der Waals surface area contributed by atoms with E-state index in [-0.39, 0.29) is 15.8 Å². The molecule has 10 nitrogen and oxygen atoms in total. The summed E-state index contributed by atoms with van der Waals surface area (Å²) in [7, 11) is -3.20. The maximum absolute atomic E-state index is 11.1. The summed E-state index contributed by atoms with van der Waals surface area (Å²) in [6.07, 6.45) is 2.94. The van der Waals surface area contributed by atoms with E-state index in [1.165, 1.54) is 25.1 Å². The predicted molar refractivity (Wildman–Crippen MR) is 124 cm³/mol. The average molecular weight is 561 g/mol. The fourth-order valence-electron chi connectivity index (χ4n) is 2.25. The zero-order valence-electron chi connectivity index (χ0n) is 16.8. The van der Waals surface area contributed by atoms with Gasteiger partial charge in [-0.15, -0.1) is 11.3 Å². The molecule has 1 heterocycles. The zero-order valence-corrected chi connectivity index (χ0v) is 21.1. The van der Waals surface area contributed by atoms with E-state index < -0.39 is 30.1 Å². The van der Waals surface area contributed by atoms with Crippen molar-refractivity contribution in [2.75, 3.05) is 16.3 Å². The predicted octanol–water partition coefficient (Wildman–Crippen LogP) is 1.58. The number of hydrogen-bond acceptors (Lipinski definition) is 8. The summed E-state index contributed by atoms with van der Waals surface area (Å²) in [5.74, 6) is -0.880. The number of anilines is 2. The van der Waals surface area contributed by atoms with Gasteiger partial charge in [0.15, 0.2) is 0 Å². The van der Waals surface area contributed by atoms with Gasteiger partial charge in [-0.2, -0.15) is 0 Å². The molecule has 172 valence electrons. The van der Waals surface area contributed by atoms with Gasteiger partial charge in [0.25, 0.3) is 0 Å². The standard InChI is InChI=1S/C10H10N2O2S3.C8H10AsNO5/c1-17(13,14)12-8-2-4-9(5-3-8)16-10-6-11-7-15-10;1-5(11)10-8-6(9(13,14)15)3-2-4-7(8)12/h2-7,12H,1H3;2-4,12H,1H3,(H,10,11)(H2,13,14,15). The van der Waals surface area contributed by atoms with Gasteiger partial charge in [-0.25, -0.2) is 8.42 Å². The second-order valence-corrected chi connectivity index (χ2v) is 13.5. The van der Waals surface area contributed by atoms with Gasteiger partial charge in [-0.3, -0.25) is 9.71 Å². The van der Waals surface area contributed by atoms with Crippen LogP contribution < -0.4 is 14.4 Å². The largest absolute Gasteiger partial charge is 0.284 e. The van der Waals surface area contributed by atoms with Gasteiger partial charge in [0, 0.05) is 10.6 Å². The molecule has 1 amide bonds. The molecule has 0 unspecified atom stereocenters. The second-order valence-electron chi connectivity index (χ2n) is 6.22. The van der Waals surface area contributed by atoms with Gasteiger partial charge in [-0.05, 0) is 24.3 Å². The Hall–Kier alpha value is -2.28. The Kier molecular flexibility index (Phi) is 8.96. The molecular formula is C18H20AsN3O7S3. The molecular weight excluding hydrogens is 541 g/mol. The maximum atomic E-state index is 11.1. The van der Waals surface area contributed by atoms with Crippen molar-refractivity contribution >= 4 is 68.9 Å². The van der Waals surface area contributed by atoms with E-state index in [9.17, 15) is 22.1 Å². The molecule has 5 N–H and O–H groups in total. The molecule has 0 bridgehead atoms. The number of amides is 1. The fraction of sp³-hybridized carbons (Fsp3) is 0.111. The van der Waals surface area contributed by atoms with E-state index >= 15 is 0 Å². The fourth-order valence-corrected chi connectivity index (χ4v) is 5.95. The molecule has 0 saturated heterocycles. The van der Waals surface area contributed by atoms with E-state index in [2.05, 4.69) is 15.0 Å². The molecule has 0 aliphatic rings. The van der Waals surface area contributed by atoms with Crippen LogP contribution in [0.1, 0.15) is 6.92 Å². The molecule has 32 heavy (non-hydrogen) atoms. The summed E-state index contributed by atoms with van der Waals surface area (Å²) in [6, 6.07) is 10.9. The van der Waals surface area contributed by atoms with Gasteiger partial charge in [-0.1, -0.05) is 11.8 Å². The molecule has 0 radical (unpaired) electrons. The molecule has 0 aliphatic carbocycles. The van der Waals surface area contributed by atoms with Crippen LogP contribution in [0.3, 0.4) is 0 Å². The first kappa shape index (κ1) is 26.0. The molecule has 0 aliphatic heterocycles. The Morgan fingerprint density at radius 1 is 1.16 bits per heavy atom. The number of sulfonamides is 1. The monoisotopic (exact) mass is 561 g/mol. The summed E-state index contributed by atoms with van der Waals surface area (Å²) < 4.78 is 54.3. The molecule has 0 fully saturated rings. The molecule has 1 aromatic heterocycles. The van der Waals surface area contributed by atoms with Crippen LogP contribution in [0.4, 0.5) is 11.4 Å².